The van der Waals surface area contributed by atoms with E-state index in [9.17, 15) is 22.4 Å². The molecule has 5 aliphatic rings. The third-order valence-electron chi connectivity index (χ3n) is 7.14. The molecule has 34 heavy (non-hydrogen) atoms. The number of ether oxygens (including phenoxy) is 2. The topological polar surface area (TPSA) is 86.5 Å². The SMILES string of the molecule is O=C(NC12CC(=C(c3nnc(C4CC(OC(F)(F)F)C4)o3)C1)C2)[C@@H]1CCc2cc(F)ccc2O1. The number of nitrogens with one attached hydrogen (secondary N) is 1. The van der Waals surface area contributed by atoms with E-state index < -0.39 is 24.1 Å². The van der Waals surface area contributed by atoms with Gasteiger partial charge < -0.3 is 14.5 Å². The van der Waals surface area contributed by atoms with E-state index in [4.69, 9.17) is 9.15 Å². The number of hydrogen-bond donors (Lipinski definition) is 1. The molecule has 1 aromatic carbocycles. The van der Waals surface area contributed by atoms with Crippen molar-refractivity contribution in [2.75, 3.05) is 0 Å². The third-order valence-corrected chi connectivity index (χ3v) is 7.14. The maximum Gasteiger partial charge on any atom is 0.522 e. The first-order valence-corrected chi connectivity index (χ1v) is 11.2. The van der Waals surface area contributed by atoms with E-state index in [1.165, 1.54) is 12.1 Å². The van der Waals surface area contributed by atoms with Crippen LogP contribution in [0.15, 0.2) is 28.2 Å². The lowest BCUT2D eigenvalue weighted by molar-refractivity contribution is -0.352. The number of fused-ring (bicyclic) bond motifs is 2. The highest BCUT2D eigenvalue weighted by atomic mass is 19.4. The average molecular weight is 479 g/mol. The molecule has 0 radical (unpaired) electrons. The Kier molecular flexibility index (Phi) is 4.78. The molecular formula is C23H21F4N3O4. The highest BCUT2D eigenvalue weighted by molar-refractivity contribution is 5.85. The molecule has 2 fully saturated rings. The van der Waals surface area contributed by atoms with Gasteiger partial charge >= 0.3 is 6.36 Å². The summed E-state index contributed by atoms with van der Waals surface area (Å²) in [6.07, 6.45) is -2.84. The second-order valence-electron chi connectivity index (χ2n) is 9.58. The molecule has 2 aromatic rings. The van der Waals surface area contributed by atoms with Crippen molar-refractivity contribution in [3.05, 3.63) is 46.9 Å². The second-order valence-corrected chi connectivity index (χ2v) is 9.58. The van der Waals surface area contributed by atoms with Crippen molar-refractivity contribution in [3.63, 3.8) is 0 Å². The first-order valence-electron chi connectivity index (χ1n) is 11.2. The van der Waals surface area contributed by atoms with E-state index in [0.29, 0.717) is 49.6 Å². The van der Waals surface area contributed by atoms with Crippen LogP contribution < -0.4 is 10.1 Å². The van der Waals surface area contributed by atoms with E-state index in [-0.39, 0.29) is 30.5 Å². The van der Waals surface area contributed by atoms with Gasteiger partial charge in [-0.25, -0.2) is 4.39 Å². The summed E-state index contributed by atoms with van der Waals surface area (Å²) in [7, 11) is 0. The molecule has 1 aromatic heterocycles. The molecular weight excluding hydrogens is 458 g/mol. The highest BCUT2D eigenvalue weighted by Gasteiger charge is 2.52. The van der Waals surface area contributed by atoms with Gasteiger partial charge in [0, 0.05) is 17.9 Å². The lowest BCUT2D eigenvalue weighted by atomic mass is 9.78. The quantitative estimate of drug-likeness (QED) is 0.648. The van der Waals surface area contributed by atoms with E-state index >= 15 is 0 Å². The van der Waals surface area contributed by atoms with Gasteiger partial charge in [-0.2, -0.15) is 0 Å². The Morgan fingerprint density at radius 1 is 1.18 bits per heavy atom. The van der Waals surface area contributed by atoms with Crippen LogP contribution in [0, 0.1) is 5.82 Å². The first-order chi connectivity index (χ1) is 16.2. The smallest absolute Gasteiger partial charge is 0.480 e. The summed E-state index contributed by atoms with van der Waals surface area (Å²) < 4.78 is 65.9. The summed E-state index contributed by atoms with van der Waals surface area (Å²) in [5.74, 6) is 0.436. The molecule has 0 unspecified atom stereocenters. The van der Waals surface area contributed by atoms with Crippen LogP contribution >= 0.6 is 0 Å². The van der Waals surface area contributed by atoms with Crippen molar-refractivity contribution in [1.29, 1.82) is 0 Å². The van der Waals surface area contributed by atoms with E-state index in [1.807, 2.05) is 0 Å². The van der Waals surface area contributed by atoms with Gasteiger partial charge in [0.15, 0.2) is 6.10 Å². The van der Waals surface area contributed by atoms with Crippen molar-refractivity contribution in [1.82, 2.24) is 15.5 Å². The Labute approximate surface area is 191 Å². The zero-order valence-electron chi connectivity index (χ0n) is 18.0. The molecule has 7 nitrogen and oxygen atoms in total. The van der Waals surface area contributed by atoms with E-state index in [2.05, 4.69) is 20.3 Å². The van der Waals surface area contributed by atoms with Gasteiger partial charge in [0.1, 0.15) is 11.6 Å². The number of nitrogens with zero attached hydrogens (tertiary/aromatic N) is 2. The minimum absolute atomic E-state index is 0.185. The molecule has 11 heteroatoms. The Morgan fingerprint density at radius 3 is 2.74 bits per heavy atom. The largest absolute Gasteiger partial charge is 0.522 e. The summed E-state index contributed by atoms with van der Waals surface area (Å²) in [4.78, 5) is 12.9. The predicted molar refractivity (Wildman–Crippen MR) is 108 cm³/mol. The van der Waals surface area contributed by atoms with Gasteiger partial charge in [0.05, 0.1) is 11.6 Å². The van der Waals surface area contributed by atoms with Gasteiger partial charge in [-0.05, 0) is 62.3 Å². The summed E-state index contributed by atoms with van der Waals surface area (Å²) in [5, 5.41) is 11.3. The number of carbonyl (C=O) groups excluding carboxylic acids is 1. The van der Waals surface area contributed by atoms with Crippen LogP contribution in [-0.2, 0) is 16.0 Å². The number of benzene rings is 1. The number of rotatable bonds is 5. The lowest BCUT2D eigenvalue weighted by Gasteiger charge is -2.39. The summed E-state index contributed by atoms with van der Waals surface area (Å²) in [6.45, 7) is 0. The minimum Gasteiger partial charge on any atom is -0.480 e. The molecule has 4 aliphatic carbocycles. The van der Waals surface area contributed by atoms with Crippen LogP contribution in [0.2, 0.25) is 0 Å². The zero-order valence-corrected chi connectivity index (χ0v) is 18.0. The number of alkyl halides is 3. The number of carbonyl (C=O) groups is 1. The maximum atomic E-state index is 13.4. The third kappa shape index (κ3) is 3.85. The van der Waals surface area contributed by atoms with Crippen LogP contribution in [0.3, 0.4) is 0 Å². The molecule has 2 saturated carbocycles. The van der Waals surface area contributed by atoms with Crippen molar-refractivity contribution in [2.24, 2.45) is 0 Å². The van der Waals surface area contributed by atoms with Gasteiger partial charge in [0.25, 0.3) is 5.91 Å². The molecule has 1 N–H and O–H groups in total. The van der Waals surface area contributed by atoms with Gasteiger partial charge in [0.2, 0.25) is 11.8 Å². The average Bonchev–Trinajstić information content (AvgIpc) is 3.42. The van der Waals surface area contributed by atoms with Gasteiger partial charge in [-0.3, -0.25) is 9.53 Å². The van der Waals surface area contributed by atoms with Crippen molar-refractivity contribution in [3.8, 4) is 5.75 Å². The lowest BCUT2D eigenvalue weighted by Crippen LogP contribution is -2.55. The normalized spacial score (nSPS) is 26.9. The molecule has 1 aliphatic heterocycles. The minimum atomic E-state index is -4.64. The fraction of sp³-hybridized carbons (Fsp3) is 0.522. The van der Waals surface area contributed by atoms with E-state index in [0.717, 1.165) is 16.7 Å². The Morgan fingerprint density at radius 2 is 1.97 bits per heavy atom. The molecule has 7 rings (SSSR count). The van der Waals surface area contributed by atoms with Gasteiger partial charge in [-0.1, -0.05) is 5.57 Å². The summed E-state index contributed by atoms with van der Waals surface area (Å²) in [6, 6.07) is 4.29. The molecule has 1 amide bonds. The maximum absolute atomic E-state index is 13.4. The monoisotopic (exact) mass is 479 g/mol. The Balaban J connectivity index is 1.05. The summed E-state index contributed by atoms with van der Waals surface area (Å²) in [5.41, 5.74) is 2.37. The molecule has 1 atom stereocenters. The standard InChI is InChI=1S/C23H21F4N3O4/c24-14-2-4-17-11(5-14)1-3-18(32-17)19(31)28-22-8-13(9-22)16(10-22)21-30-29-20(33-21)12-6-15(7-12)34-23(25,26)27/h2,4-5,12,15,18H,1,3,6-10H2,(H,28,31)/t12?,15?,18-/m0/s1. The number of hydrogen-bond acceptors (Lipinski definition) is 6. The van der Waals surface area contributed by atoms with Crippen molar-refractivity contribution < 1.29 is 36.2 Å². The van der Waals surface area contributed by atoms with Gasteiger partial charge in [-0.15, -0.1) is 23.4 Å². The Bertz CT molecular complexity index is 1180. The van der Waals surface area contributed by atoms with Crippen molar-refractivity contribution >= 4 is 11.5 Å². The fourth-order valence-electron chi connectivity index (χ4n) is 5.38. The van der Waals surface area contributed by atoms with Crippen molar-refractivity contribution in [2.45, 2.75) is 75.0 Å². The molecule has 2 heterocycles. The number of amides is 1. The number of halogens is 4. The van der Waals surface area contributed by atoms with Crippen LogP contribution in [0.5, 0.6) is 5.75 Å². The highest BCUT2D eigenvalue weighted by Crippen LogP contribution is 2.55. The first kappa shape index (κ1) is 21.6. The summed E-state index contributed by atoms with van der Waals surface area (Å²) >= 11 is 0. The molecule has 2 bridgehead atoms. The number of aryl methyl sites for hydroxylation is 1. The zero-order chi connectivity index (χ0) is 23.7. The second kappa shape index (κ2) is 7.53. The van der Waals surface area contributed by atoms with Crippen LogP contribution in [0.4, 0.5) is 17.6 Å². The van der Waals surface area contributed by atoms with Crippen LogP contribution in [-0.4, -0.2) is 40.2 Å². The van der Waals surface area contributed by atoms with Crippen LogP contribution in [0.25, 0.3) is 5.57 Å². The van der Waals surface area contributed by atoms with Crippen LogP contribution in [0.1, 0.15) is 61.8 Å². The molecule has 0 spiro atoms. The molecule has 0 saturated heterocycles. The predicted octanol–water partition coefficient (Wildman–Crippen LogP) is 4.19. The molecule has 180 valence electrons. The van der Waals surface area contributed by atoms with E-state index in [1.54, 1.807) is 6.07 Å². The number of aromatic nitrogens is 2. The fourth-order valence-corrected chi connectivity index (χ4v) is 5.38. The Hall–Kier alpha value is -2.95.